The predicted molar refractivity (Wildman–Crippen MR) is 86.7 cm³/mol. The normalized spacial score (nSPS) is 24.1. The van der Waals surface area contributed by atoms with Crippen LogP contribution in [0.15, 0.2) is 36.4 Å². The number of nitrogens with zero attached hydrogens (tertiary/aromatic N) is 2. The van der Waals surface area contributed by atoms with Crippen LogP contribution in [-0.2, 0) is 27.8 Å². The molecule has 120 valence electrons. The van der Waals surface area contributed by atoms with E-state index in [9.17, 15) is 4.79 Å². The molecule has 2 aliphatic rings. The molecule has 5 heteroatoms. The van der Waals surface area contributed by atoms with Crippen molar-refractivity contribution >= 4 is 16.9 Å². The highest BCUT2D eigenvalue weighted by molar-refractivity contribution is 5.86. The van der Waals surface area contributed by atoms with Crippen LogP contribution in [0.2, 0.25) is 0 Å². The number of hydroxylamine groups is 2. The summed E-state index contributed by atoms with van der Waals surface area (Å²) in [6.45, 7) is 1.27. The van der Waals surface area contributed by atoms with Crippen LogP contribution in [0, 0.1) is 5.92 Å². The van der Waals surface area contributed by atoms with E-state index in [1.807, 2.05) is 23.3 Å². The lowest BCUT2D eigenvalue weighted by atomic mass is 9.89. The summed E-state index contributed by atoms with van der Waals surface area (Å²) >= 11 is 0. The summed E-state index contributed by atoms with van der Waals surface area (Å²) in [6.07, 6.45) is 4.74. The van der Waals surface area contributed by atoms with Gasteiger partial charge >= 0.3 is 5.97 Å². The average Bonchev–Trinajstić information content (AvgIpc) is 2.75. The summed E-state index contributed by atoms with van der Waals surface area (Å²) in [5.41, 5.74) is 3.66. The predicted octanol–water partition coefficient (Wildman–Crippen LogP) is 2.37. The van der Waals surface area contributed by atoms with Crippen LogP contribution in [0.1, 0.15) is 17.3 Å². The van der Waals surface area contributed by atoms with Crippen molar-refractivity contribution in [3.8, 4) is 0 Å². The largest absolute Gasteiger partial charge is 0.469 e. The van der Waals surface area contributed by atoms with E-state index in [1.165, 1.54) is 23.6 Å². The summed E-state index contributed by atoms with van der Waals surface area (Å²) in [5.74, 6) is -0.579. The third-order valence-electron chi connectivity index (χ3n) is 4.93. The number of carbonyl (C=O) groups is 1. The van der Waals surface area contributed by atoms with Gasteiger partial charge in [0, 0.05) is 30.2 Å². The van der Waals surface area contributed by atoms with Crippen LogP contribution in [0.25, 0.3) is 10.9 Å². The van der Waals surface area contributed by atoms with Gasteiger partial charge in [-0.25, -0.2) is 0 Å². The lowest BCUT2D eigenvalue weighted by Gasteiger charge is -2.36. The first kappa shape index (κ1) is 14.5. The van der Waals surface area contributed by atoms with Gasteiger partial charge in [-0.3, -0.25) is 9.63 Å². The van der Waals surface area contributed by atoms with Crippen molar-refractivity contribution in [3.63, 3.8) is 0 Å². The van der Waals surface area contributed by atoms with Crippen LogP contribution < -0.4 is 0 Å². The molecule has 2 atom stereocenters. The molecular weight excluding hydrogens is 292 g/mol. The van der Waals surface area contributed by atoms with E-state index in [4.69, 9.17) is 9.57 Å². The quantitative estimate of drug-likeness (QED) is 0.599. The highest BCUT2D eigenvalue weighted by atomic mass is 16.7. The molecule has 2 aromatic rings. The number of hydrogen-bond donors (Lipinski definition) is 0. The number of hydrogen-bond acceptors (Lipinski definition) is 4. The first-order valence-corrected chi connectivity index (χ1v) is 7.92. The molecule has 0 amide bonds. The molecule has 0 saturated carbocycles. The third-order valence-corrected chi connectivity index (χ3v) is 4.93. The molecule has 0 spiro atoms. The topological polar surface area (TPSA) is 43.7 Å². The van der Waals surface area contributed by atoms with Gasteiger partial charge in [-0.05, 0) is 18.1 Å². The molecule has 1 aromatic heterocycles. The van der Waals surface area contributed by atoms with E-state index in [0.29, 0.717) is 6.61 Å². The molecule has 2 aliphatic heterocycles. The lowest BCUT2D eigenvalue weighted by molar-refractivity contribution is -0.194. The molecule has 3 heterocycles. The highest BCUT2D eigenvalue weighted by Crippen LogP contribution is 2.41. The minimum Gasteiger partial charge on any atom is -0.469 e. The van der Waals surface area contributed by atoms with E-state index in [1.54, 1.807) is 0 Å². The molecular formula is C18H20N2O3. The van der Waals surface area contributed by atoms with Crippen molar-refractivity contribution in [2.45, 2.75) is 12.5 Å². The standard InChI is InChI=1S/C18H20N2O3/c1-19-15-8-4-3-6-12(15)13-9-10-20-17(16(13)19)14(18(21)22-2)7-5-11-23-20/h3-8,14,17H,9-11H2,1-2H3/t14-,17-/m0/s1. The molecule has 0 unspecified atom stereocenters. The fourth-order valence-corrected chi connectivity index (χ4v) is 3.91. The van der Waals surface area contributed by atoms with Crippen LogP contribution in [0.5, 0.6) is 0 Å². The van der Waals surface area contributed by atoms with Gasteiger partial charge in [-0.15, -0.1) is 0 Å². The molecule has 5 nitrogen and oxygen atoms in total. The van der Waals surface area contributed by atoms with Gasteiger partial charge in [0.25, 0.3) is 0 Å². The zero-order valence-electron chi connectivity index (χ0n) is 13.4. The van der Waals surface area contributed by atoms with Crippen LogP contribution in [-0.4, -0.2) is 35.9 Å². The SMILES string of the molecule is COC(=O)[C@H]1C=CCON2CCc3c(n(C)c4ccccc34)[C@H]12. The van der Waals surface area contributed by atoms with E-state index in [2.05, 4.69) is 29.8 Å². The molecule has 0 N–H and O–H groups in total. The number of methoxy groups -OCH3 is 1. The number of ether oxygens (including phenoxy) is 1. The minimum absolute atomic E-state index is 0.151. The number of para-hydroxylation sites is 1. The van der Waals surface area contributed by atoms with Crippen LogP contribution in [0.3, 0.4) is 0 Å². The van der Waals surface area contributed by atoms with Gasteiger partial charge in [0.15, 0.2) is 0 Å². The smallest absolute Gasteiger partial charge is 0.314 e. The van der Waals surface area contributed by atoms with Gasteiger partial charge in [0.1, 0.15) is 0 Å². The average molecular weight is 312 g/mol. The molecule has 0 aliphatic carbocycles. The molecule has 0 fully saturated rings. The maximum Gasteiger partial charge on any atom is 0.314 e. The summed E-state index contributed by atoms with van der Waals surface area (Å²) in [4.78, 5) is 18.2. The summed E-state index contributed by atoms with van der Waals surface area (Å²) in [6, 6.07) is 8.24. The first-order chi connectivity index (χ1) is 11.2. The van der Waals surface area contributed by atoms with Crippen LogP contribution in [0.4, 0.5) is 0 Å². The highest BCUT2D eigenvalue weighted by Gasteiger charge is 2.41. The number of benzene rings is 1. The van der Waals surface area contributed by atoms with E-state index < -0.39 is 0 Å². The monoisotopic (exact) mass is 312 g/mol. The lowest BCUT2D eigenvalue weighted by Crippen LogP contribution is -2.41. The first-order valence-electron chi connectivity index (χ1n) is 7.92. The zero-order chi connectivity index (χ0) is 16.0. The van der Waals surface area contributed by atoms with E-state index in [0.717, 1.165) is 18.7 Å². The molecule has 23 heavy (non-hydrogen) atoms. The maximum atomic E-state index is 12.3. The van der Waals surface area contributed by atoms with Gasteiger partial charge in [0.05, 0.1) is 25.7 Å². The van der Waals surface area contributed by atoms with Gasteiger partial charge < -0.3 is 9.30 Å². The Hall–Kier alpha value is -2.11. The Bertz CT molecular complexity index is 793. The Morgan fingerprint density at radius 2 is 2.17 bits per heavy atom. The van der Waals surface area contributed by atoms with Gasteiger partial charge in [-0.1, -0.05) is 30.4 Å². The number of carbonyl (C=O) groups excluding carboxylic acids is 1. The van der Waals surface area contributed by atoms with Crippen molar-refractivity contribution in [1.29, 1.82) is 0 Å². The van der Waals surface area contributed by atoms with Crippen molar-refractivity contribution in [3.05, 3.63) is 47.7 Å². The van der Waals surface area contributed by atoms with Crippen LogP contribution >= 0.6 is 0 Å². The summed E-state index contributed by atoms with van der Waals surface area (Å²) in [5, 5.41) is 3.21. The Morgan fingerprint density at radius 3 is 3.00 bits per heavy atom. The Kier molecular flexibility index (Phi) is 3.47. The fraction of sp³-hybridized carbons (Fsp3) is 0.389. The number of aromatic nitrogens is 1. The molecule has 4 rings (SSSR count). The summed E-state index contributed by atoms with van der Waals surface area (Å²) < 4.78 is 7.24. The van der Waals surface area contributed by atoms with Gasteiger partial charge in [-0.2, -0.15) is 5.06 Å². The number of aryl methyl sites for hydroxylation is 1. The van der Waals surface area contributed by atoms with E-state index >= 15 is 0 Å². The molecule has 0 bridgehead atoms. The summed E-state index contributed by atoms with van der Waals surface area (Å²) in [7, 11) is 3.51. The van der Waals surface area contributed by atoms with Crippen molar-refractivity contribution < 1.29 is 14.4 Å². The van der Waals surface area contributed by atoms with Crippen molar-refractivity contribution in [1.82, 2.24) is 9.63 Å². The fourth-order valence-electron chi connectivity index (χ4n) is 3.91. The maximum absolute atomic E-state index is 12.3. The number of fused-ring (bicyclic) bond motifs is 5. The third kappa shape index (κ3) is 2.11. The van der Waals surface area contributed by atoms with Crippen molar-refractivity contribution in [2.75, 3.05) is 20.3 Å². The second kappa shape index (κ2) is 5.51. The van der Waals surface area contributed by atoms with E-state index in [-0.39, 0.29) is 17.9 Å². The minimum atomic E-state index is -0.357. The Balaban J connectivity index is 1.93. The number of esters is 1. The second-order valence-corrected chi connectivity index (χ2v) is 6.05. The molecule has 0 radical (unpaired) electrons. The number of rotatable bonds is 1. The zero-order valence-corrected chi connectivity index (χ0v) is 13.4. The van der Waals surface area contributed by atoms with Gasteiger partial charge in [0.2, 0.25) is 0 Å². The Labute approximate surface area is 135 Å². The van der Waals surface area contributed by atoms with Crippen molar-refractivity contribution in [2.24, 2.45) is 13.0 Å². The second-order valence-electron chi connectivity index (χ2n) is 6.05. The molecule has 1 aromatic carbocycles. The molecule has 0 saturated heterocycles. The Morgan fingerprint density at radius 1 is 1.35 bits per heavy atom.